The van der Waals surface area contributed by atoms with Gasteiger partial charge in [0.15, 0.2) is 0 Å². The molecule has 2 aromatic rings. The van der Waals surface area contributed by atoms with E-state index in [0.717, 1.165) is 30.1 Å². The number of nitrogens with zero attached hydrogens (tertiary/aromatic N) is 3. The van der Waals surface area contributed by atoms with Gasteiger partial charge in [-0.3, -0.25) is 0 Å². The Morgan fingerprint density at radius 1 is 1.35 bits per heavy atom. The average Bonchev–Trinajstić information content (AvgIpc) is 3.31. The van der Waals surface area contributed by atoms with Crippen LogP contribution in [0.4, 0.5) is 15.9 Å². The monoisotopic (exact) mass is 356 g/mol. The van der Waals surface area contributed by atoms with E-state index in [9.17, 15) is 4.39 Å². The van der Waals surface area contributed by atoms with E-state index < -0.39 is 0 Å². The van der Waals surface area contributed by atoms with Crippen LogP contribution in [0.3, 0.4) is 0 Å². The number of nitrogens with one attached hydrogen (secondary N) is 1. The van der Waals surface area contributed by atoms with Gasteiger partial charge in [-0.05, 0) is 63.9 Å². The van der Waals surface area contributed by atoms with Gasteiger partial charge in [0.2, 0.25) is 5.88 Å². The maximum atomic E-state index is 14.1. The van der Waals surface area contributed by atoms with Crippen LogP contribution < -0.4 is 10.1 Å². The van der Waals surface area contributed by atoms with Gasteiger partial charge in [-0.15, -0.1) is 0 Å². The molecule has 0 spiro atoms. The lowest BCUT2D eigenvalue weighted by Crippen LogP contribution is -2.34. The van der Waals surface area contributed by atoms with Crippen LogP contribution in [-0.2, 0) is 0 Å². The summed E-state index contributed by atoms with van der Waals surface area (Å²) in [4.78, 5) is 10.9. The van der Waals surface area contributed by atoms with Gasteiger partial charge in [-0.2, -0.15) is 0 Å². The van der Waals surface area contributed by atoms with E-state index in [2.05, 4.69) is 27.2 Å². The minimum Gasteiger partial charge on any atom is -0.477 e. The third-order valence-electron chi connectivity index (χ3n) is 5.79. The maximum absolute atomic E-state index is 14.1. The molecule has 1 aliphatic heterocycles. The third-order valence-corrected chi connectivity index (χ3v) is 5.79. The topological polar surface area (TPSA) is 50.3 Å². The predicted octanol–water partition coefficient (Wildman–Crippen LogP) is 3.70. The van der Waals surface area contributed by atoms with Gasteiger partial charge < -0.3 is 15.0 Å². The van der Waals surface area contributed by atoms with Crippen LogP contribution in [0.2, 0.25) is 0 Å². The lowest BCUT2D eigenvalue weighted by Gasteiger charge is -2.28. The summed E-state index contributed by atoms with van der Waals surface area (Å²) in [6, 6.07) is 5.09. The lowest BCUT2D eigenvalue weighted by molar-refractivity contribution is 0.144. The largest absolute Gasteiger partial charge is 0.477 e. The summed E-state index contributed by atoms with van der Waals surface area (Å²) >= 11 is 0. The molecule has 1 aromatic heterocycles. The fourth-order valence-electron chi connectivity index (χ4n) is 3.89. The van der Waals surface area contributed by atoms with Gasteiger partial charge in [0.25, 0.3) is 0 Å². The number of likely N-dealkylation sites (tertiary alicyclic amines) is 1. The number of rotatable bonds is 5. The molecule has 2 aliphatic rings. The minimum atomic E-state index is -0.295. The predicted molar refractivity (Wildman–Crippen MR) is 99.3 cm³/mol. The van der Waals surface area contributed by atoms with Crippen molar-refractivity contribution in [1.29, 1.82) is 0 Å². The van der Waals surface area contributed by atoms with Crippen molar-refractivity contribution in [3.8, 4) is 5.88 Å². The molecule has 1 saturated carbocycles. The van der Waals surface area contributed by atoms with E-state index in [1.165, 1.54) is 25.2 Å². The van der Waals surface area contributed by atoms with E-state index in [-0.39, 0.29) is 5.82 Å². The Hall–Kier alpha value is -2.21. The molecule has 5 nitrogen and oxygen atoms in total. The highest BCUT2D eigenvalue weighted by Crippen LogP contribution is 2.57. The molecule has 0 amide bonds. The third kappa shape index (κ3) is 3.26. The number of aromatic nitrogens is 2. The number of hydrogen-bond acceptors (Lipinski definition) is 5. The number of hydrogen-bond donors (Lipinski definition) is 1. The molecule has 0 bridgehead atoms. The van der Waals surface area contributed by atoms with E-state index in [1.807, 2.05) is 19.9 Å². The van der Waals surface area contributed by atoms with Crippen molar-refractivity contribution >= 4 is 11.5 Å². The van der Waals surface area contributed by atoms with Crippen LogP contribution in [-0.4, -0.2) is 41.6 Å². The van der Waals surface area contributed by atoms with Crippen molar-refractivity contribution in [3.05, 3.63) is 41.5 Å². The van der Waals surface area contributed by atoms with E-state index >= 15 is 0 Å². The normalized spacial score (nSPS) is 24.8. The first-order chi connectivity index (χ1) is 12.5. The first-order valence-corrected chi connectivity index (χ1v) is 9.13. The van der Waals surface area contributed by atoms with Crippen molar-refractivity contribution < 1.29 is 9.13 Å². The fraction of sp³-hybridized carbons (Fsp3) is 0.500. The first-order valence-electron chi connectivity index (χ1n) is 9.13. The minimum absolute atomic E-state index is 0.295. The van der Waals surface area contributed by atoms with Crippen LogP contribution in [0.25, 0.3) is 0 Å². The van der Waals surface area contributed by atoms with Crippen molar-refractivity contribution in [2.75, 3.05) is 32.1 Å². The standard InChI is InChI=1S/C20H25FN4O/c1-13-4-5-17(16(21)8-13)24-18-14(2)19(23-12-22-18)26-11-20-6-7-25(3)10-15(20)9-20/h4-5,8,12,15H,6-7,9-11H2,1-3H3,(H,22,23,24). The highest BCUT2D eigenvalue weighted by Gasteiger charge is 2.56. The first kappa shape index (κ1) is 17.2. The van der Waals surface area contributed by atoms with Crippen LogP contribution in [0, 0.1) is 31.0 Å². The average molecular weight is 356 g/mol. The zero-order valence-electron chi connectivity index (χ0n) is 15.6. The van der Waals surface area contributed by atoms with Crippen LogP contribution in [0.1, 0.15) is 24.0 Å². The van der Waals surface area contributed by atoms with E-state index in [4.69, 9.17) is 4.74 Å². The molecule has 1 aliphatic carbocycles. The Labute approximate surface area is 153 Å². The Morgan fingerprint density at radius 3 is 2.96 bits per heavy atom. The molecule has 1 saturated heterocycles. The molecular weight excluding hydrogens is 331 g/mol. The van der Waals surface area contributed by atoms with Gasteiger partial charge in [0, 0.05) is 12.0 Å². The summed E-state index contributed by atoms with van der Waals surface area (Å²) in [5, 5.41) is 3.06. The Balaban J connectivity index is 1.46. The van der Waals surface area contributed by atoms with Gasteiger partial charge in [0.05, 0.1) is 17.9 Å². The highest BCUT2D eigenvalue weighted by molar-refractivity contribution is 5.61. The number of halogens is 1. The van der Waals surface area contributed by atoms with Crippen molar-refractivity contribution in [1.82, 2.24) is 14.9 Å². The van der Waals surface area contributed by atoms with Crippen molar-refractivity contribution in [3.63, 3.8) is 0 Å². The van der Waals surface area contributed by atoms with Gasteiger partial charge in [0.1, 0.15) is 18.0 Å². The molecule has 26 heavy (non-hydrogen) atoms. The van der Waals surface area contributed by atoms with Crippen molar-refractivity contribution in [2.24, 2.45) is 11.3 Å². The van der Waals surface area contributed by atoms with Crippen molar-refractivity contribution in [2.45, 2.75) is 26.7 Å². The second-order valence-electron chi connectivity index (χ2n) is 7.83. The smallest absolute Gasteiger partial charge is 0.221 e. The quantitative estimate of drug-likeness (QED) is 0.885. The Kier molecular flexibility index (Phi) is 4.31. The van der Waals surface area contributed by atoms with E-state index in [1.54, 1.807) is 6.07 Å². The maximum Gasteiger partial charge on any atom is 0.221 e. The number of fused-ring (bicyclic) bond motifs is 1. The molecule has 138 valence electrons. The molecule has 6 heteroatoms. The molecule has 0 radical (unpaired) electrons. The van der Waals surface area contributed by atoms with Crippen LogP contribution in [0.15, 0.2) is 24.5 Å². The molecule has 1 N–H and O–H groups in total. The molecule has 2 fully saturated rings. The molecular formula is C20H25FN4O. The number of aryl methyl sites for hydroxylation is 1. The Bertz CT molecular complexity index is 827. The molecule has 4 rings (SSSR count). The van der Waals surface area contributed by atoms with Crippen LogP contribution >= 0.6 is 0 Å². The second kappa shape index (κ2) is 6.50. The zero-order valence-corrected chi connectivity index (χ0v) is 15.6. The Morgan fingerprint density at radius 2 is 2.19 bits per heavy atom. The summed E-state index contributed by atoms with van der Waals surface area (Å²) < 4.78 is 20.2. The highest BCUT2D eigenvalue weighted by atomic mass is 19.1. The summed E-state index contributed by atoms with van der Waals surface area (Å²) in [7, 11) is 2.18. The number of benzene rings is 1. The number of anilines is 2. The summed E-state index contributed by atoms with van der Waals surface area (Å²) in [5.74, 6) is 1.60. The van der Waals surface area contributed by atoms with Gasteiger partial charge in [-0.25, -0.2) is 14.4 Å². The fourth-order valence-corrected chi connectivity index (χ4v) is 3.89. The van der Waals surface area contributed by atoms with Gasteiger partial charge >= 0.3 is 0 Å². The summed E-state index contributed by atoms with van der Waals surface area (Å²) in [6.07, 6.45) is 3.88. The van der Waals surface area contributed by atoms with Crippen LogP contribution in [0.5, 0.6) is 5.88 Å². The summed E-state index contributed by atoms with van der Waals surface area (Å²) in [5.41, 5.74) is 2.40. The summed E-state index contributed by atoms with van der Waals surface area (Å²) in [6.45, 7) is 6.75. The number of ether oxygens (including phenoxy) is 1. The lowest BCUT2D eigenvalue weighted by atomic mass is 9.96. The van der Waals surface area contributed by atoms with E-state index in [0.29, 0.717) is 29.4 Å². The zero-order chi connectivity index (χ0) is 18.3. The molecule has 2 heterocycles. The molecule has 1 aromatic carbocycles. The molecule has 2 atom stereocenters. The second-order valence-corrected chi connectivity index (χ2v) is 7.83. The number of piperidine rings is 1. The molecule has 2 unspecified atom stereocenters. The SMILES string of the molecule is Cc1ccc(Nc2ncnc(OCC34CCN(C)CC3C4)c2C)c(F)c1. The van der Waals surface area contributed by atoms with Gasteiger partial charge in [-0.1, -0.05) is 6.07 Å².